The van der Waals surface area contributed by atoms with E-state index in [2.05, 4.69) is 35.1 Å². The van der Waals surface area contributed by atoms with Gasteiger partial charge in [-0.1, -0.05) is 0 Å². The average Bonchev–Trinajstić information content (AvgIpc) is 2.82. The number of ether oxygens (including phenoxy) is 1. The molecule has 0 amide bonds. The number of aliphatic carboxylic acids is 1. The highest BCUT2D eigenvalue weighted by molar-refractivity contribution is 7.91. The van der Waals surface area contributed by atoms with Gasteiger partial charge in [-0.05, 0) is 31.5 Å². The van der Waals surface area contributed by atoms with E-state index in [-0.39, 0.29) is 17.2 Å². The van der Waals surface area contributed by atoms with Crippen molar-refractivity contribution in [3.05, 3.63) is 42.0 Å². The second kappa shape index (κ2) is 12.0. The molecule has 4 heterocycles. The summed E-state index contributed by atoms with van der Waals surface area (Å²) in [6.07, 6.45) is -0.404. The minimum absolute atomic E-state index is 0.0359. The van der Waals surface area contributed by atoms with Gasteiger partial charge in [-0.25, -0.2) is 28.2 Å². The Bertz CT molecular complexity index is 1450. The number of nitrogens with two attached hydrogens (primary N) is 1. The second-order valence-electron chi connectivity index (χ2n) is 8.83. The maximum atomic E-state index is 11.8. The van der Waals surface area contributed by atoms with E-state index < -0.39 is 22.0 Å². The summed E-state index contributed by atoms with van der Waals surface area (Å²) in [7, 11) is -1.49. The topological polar surface area (TPSA) is 186 Å². The van der Waals surface area contributed by atoms with Crippen LogP contribution in [0, 0.1) is 6.92 Å². The van der Waals surface area contributed by atoms with Gasteiger partial charge in [-0.3, -0.25) is 4.90 Å². The number of anilines is 3. The van der Waals surface area contributed by atoms with Gasteiger partial charge >= 0.3 is 12.1 Å². The predicted molar refractivity (Wildman–Crippen MR) is 139 cm³/mol. The molecular weight excluding hydrogens is 557 g/mol. The molecule has 1 atom stereocenters. The van der Waals surface area contributed by atoms with Gasteiger partial charge in [0.15, 0.2) is 15.7 Å². The number of carbonyl (C=O) groups is 1. The number of hydrogen-bond acceptors (Lipinski definition) is 12. The lowest BCUT2D eigenvalue weighted by Crippen LogP contribution is -2.54. The van der Waals surface area contributed by atoms with Gasteiger partial charge in [0.05, 0.1) is 29.8 Å². The molecular formula is C23H27F3N8O5S. The summed E-state index contributed by atoms with van der Waals surface area (Å²) in [5, 5.41) is 10.0. The molecule has 40 heavy (non-hydrogen) atoms. The van der Waals surface area contributed by atoms with Crippen LogP contribution in [0.1, 0.15) is 24.4 Å². The van der Waals surface area contributed by atoms with Crippen LogP contribution in [0.4, 0.5) is 30.6 Å². The van der Waals surface area contributed by atoms with Gasteiger partial charge in [0, 0.05) is 37.7 Å². The quantitative estimate of drug-likeness (QED) is 0.368. The number of nitrogens with one attached hydrogen (secondary N) is 1. The van der Waals surface area contributed by atoms with Crippen LogP contribution in [-0.4, -0.2) is 87.2 Å². The highest BCUT2D eigenvalue weighted by Crippen LogP contribution is 2.33. The molecule has 13 nitrogen and oxygen atoms in total. The highest BCUT2D eigenvalue weighted by atomic mass is 32.2. The summed E-state index contributed by atoms with van der Waals surface area (Å²) < 4.78 is 60.4. The molecule has 17 heteroatoms. The van der Waals surface area contributed by atoms with Crippen LogP contribution in [0.5, 0.6) is 5.88 Å². The molecule has 4 rings (SSSR count). The van der Waals surface area contributed by atoms with Gasteiger partial charge in [-0.15, -0.1) is 0 Å². The van der Waals surface area contributed by atoms with Gasteiger partial charge in [0.2, 0.25) is 11.8 Å². The highest BCUT2D eigenvalue weighted by Gasteiger charge is 2.38. The van der Waals surface area contributed by atoms with E-state index in [1.165, 1.54) is 6.26 Å². The Kier molecular flexibility index (Phi) is 9.09. The Balaban J connectivity index is 0.000000559. The number of aryl methyl sites for hydroxylation is 1. The Hall–Kier alpha value is -4.12. The Morgan fingerprint density at radius 3 is 2.35 bits per heavy atom. The lowest BCUT2D eigenvalue weighted by atomic mass is 10.0. The molecule has 1 saturated heterocycles. The van der Waals surface area contributed by atoms with Gasteiger partial charge < -0.3 is 20.9 Å². The molecule has 1 aliphatic heterocycles. The number of carboxylic acids is 1. The van der Waals surface area contributed by atoms with Crippen molar-refractivity contribution in [1.29, 1.82) is 0 Å². The number of likely N-dealkylation sites (tertiary alicyclic amines) is 1. The molecule has 216 valence electrons. The van der Waals surface area contributed by atoms with E-state index >= 15 is 0 Å². The minimum atomic E-state index is -5.08. The number of hydrogen-bond donors (Lipinski definition) is 3. The maximum absolute atomic E-state index is 11.8. The molecule has 1 aliphatic rings. The fourth-order valence-corrected chi connectivity index (χ4v) is 4.51. The van der Waals surface area contributed by atoms with Gasteiger partial charge in [0.1, 0.15) is 11.6 Å². The van der Waals surface area contributed by atoms with E-state index in [0.29, 0.717) is 47.7 Å². The zero-order valence-electron chi connectivity index (χ0n) is 21.8. The summed E-state index contributed by atoms with van der Waals surface area (Å²) in [4.78, 5) is 32.6. The molecule has 3 aromatic heterocycles. The number of pyridine rings is 2. The Morgan fingerprint density at radius 2 is 1.85 bits per heavy atom. The summed E-state index contributed by atoms with van der Waals surface area (Å²) in [5.74, 6) is -0.726. The standard InChI is InChI=1S/C21H26N8O3S.C2HF3O2/c1-12(29-10-16(11-29)33(4,30)31)14-7-17(20-25-13(2)26-21(22)28-20)19(24-8-14)27-15-5-6-18(32-3)23-9-15;3-2(4,5)1(6)7/h5-9,12,16H,10-11H2,1-4H3,(H,24,27)(H2,22,25,26,28);(H,6,7). The van der Waals surface area contributed by atoms with Crippen molar-refractivity contribution in [3.63, 3.8) is 0 Å². The summed E-state index contributed by atoms with van der Waals surface area (Å²) in [6, 6.07) is 5.47. The normalized spacial score (nSPS) is 14.9. The van der Waals surface area contributed by atoms with E-state index in [0.717, 1.165) is 5.56 Å². The first-order valence-electron chi connectivity index (χ1n) is 11.6. The van der Waals surface area contributed by atoms with E-state index in [4.69, 9.17) is 20.4 Å². The first-order valence-corrected chi connectivity index (χ1v) is 13.5. The third kappa shape index (κ3) is 7.72. The molecule has 3 aromatic rings. The third-order valence-electron chi connectivity index (χ3n) is 5.88. The molecule has 0 aliphatic carbocycles. The minimum Gasteiger partial charge on any atom is -0.481 e. The van der Waals surface area contributed by atoms with Crippen LogP contribution in [-0.2, 0) is 14.6 Å². The number of alkyl halides is 3. The maximum Gasteiger partial charge on any atom is 0.490 e. The Labute approximate surface area is 227 Å². The van der Waals surface area contributed by atoms with Gasteiger partial charge in [0.25, 0.3) is 0 Å². The predicted octanol–water partition coefficient (Wildman–Crippen LogP) is 2.39. The SMILES string of the molecule is COc1ccc(Nc2ncc(C(C)N3CC(S(C)(=O)=O)C3)cc2-c2nc(C)nc(N)n2)cn1.O=C(O)C(F)(F)F. The van der Waals surface area contributed by atoms with Crippen LogP contribution in [0.3, 0.4) is 0 Å². The molecule has 0 spiro atoms. The molecule has 1 fully saturated rings. The van der Waals surface area contributed by atoms with Crippen LogP contribution in [0.15, 0.2) is 30.6 Å². The van der Waals surface area contributed by atoms with Gasteiger partial charge in [-0.2, -0.15) is 23.1 Å². The van der Waals surface area contributed by atoms with Crippen molar-refractivity contribution in [1.82, 2.24) is 29.8 Å². The average molecular weight is 585 g/mol. The van der Waals surface area contributed by atoms with Crippen LogP contribution in [0.2, 0.25) is 0 Å². The number of carboxylic acid groups (broad SMARTS) is 1. The third-order valence-corrected chi connectivity index (χ3v) is 7.39. The molecule has 1 unspecified atom stereocenters. The fraction of sp³-hybridized carbons (Fsp3) is 0.391. The number of methoxy groups -OCH3 is 1. The number of sulfone groups is 1. The number of rotatable bonds is 7. The summed E-state index contributed by atoms with van der Waals surface area (Å²) >= 11 is 0. The molecule has 0 radical (unpaired) electrons. The van der Waals surface area contributed by atoms with Crippen molar-refractivity contribution >= 4 is 33.3 Å². The molecule has 0 bridgehead atoms. The lowest BCUT2D eigenvalue weighted by molar-refractivity contribution is -0.192. The van der Waals surface area contributed by atoms with Crippen molar-refractivity contribution < 1.29 is 36.2 Å². The van der Waals surface area contributed by atoms with Crippen molar-refractivity contribution in [2.45, 2.75) is 31.3 Å². The smallest absolute Gasteiger partial charge is 0.481 e. The van der Waals surface area contributed by atoms with E-state index in [9.17, 15) is 21.6 Å². The van der Waals surface area contributed by atoms with Crippen LogP contribution >= 0.6 is 0 Å². The van der Waals surface area contributed by atoms with Crippen molar-refractivity contribution in [2.75, 3.05) is 37.5 Å². The van der Waals surface area contributed by atoms with Crippen molar-refractivity contribution in [2.24, 2.45) is 0 Å². The zero-order valence-corrected chi connectivity index (χ0v) is 22.7. The molecule has 4 N–H and O–H groups in total. The molecule has 0 aromatic carbocycles. The van der Waals surface area contributed by atoms with E-state index in [1.807, 2.05) is 19.1 Å². The van der Waals surface area contributed by atoms with E-state index in [1.54, 1.807) is 32.5 Å². The number of nitrogen functional groups attached to an aromatic ring is 1. The fourth-order valence-electron chi connectivity index (χ4n) is 3.58. The summed E-state index contributed by atoms with van der Waals surface area (Å²) in [5.41, 5.74) is 8.14. The monoisotopic (exact) mass is 584 g/mol. The number of nitrogens with zero attached hydrogens (tertiary/aromatic N) is 6. The van der Waals surface area contributed by atoms with Crippen LogP contribution in [0.25, 0.3) is 11.4 Å². The number of halogens is 3. The first-order chi connectivity index (χ1) is 18.6. The number of aromatic nitrogens is 5. The van der Waals surface area contributed by atoms with Crippen molar-refractivity contribution in [3.8, 4) is 17.3 Å². The Morgan fingerprint density at radius 1 is 1.20 bits per heavy atom. The lowest BCUT2D eigenvalue weighted by Gasteiger charge is -2.42. The second-order valence-corrected chi connectivity index (χ2v) is 11.2. The van der Waals surface area contributed by atoms with Crippen LogP contribution < -0.4 is 15.8 Å². The molecule has 0 saturated carbocycles. The summed E-state index contributed by atoms with van der Waals surface area (Å²) in [6.45, 7) is 4.75. The zero-order chi connectivity index (χ0) is 29.8. The first kappa shape index (κ1) is 30.4. The largest absolute Gasteiger partial charge is 0.490 e.